The number of fused-ring (bicyclic) bond motifs is 1. The Labute approximate surface area is 234 Å². The highest BCUT2D eigenvalue weighted by atomic mass is 19.1. The van der Waals surface area contributed by atoms with E-state index in [1.54, 1.807) is 54.5 Å². The van der Waals surface area contributed by atoms with Gasteiger partial charge in [-0.25, -0.2) is 4.39 Å². The molecule has 0 unspecified atom stereocenters. The number of pyridine rings is 1. The number of benzene rings is 3. The van der Waals surface area contributed by atoms with Gasteiger partial charge in [-0.2, -0.15) is 5.10 Å². The van der Waals surface area contributed by atoms with Crippen molar-refractivity contribution in [1.29, 1.82) is 0 Å². The number of aryl methyl sites for hydroxylation is 1. The van der Waals surface area contributed by atoms with Gasteiger partial charge in [0.1, 0.15) is 28.5 Å². The molecular weight excluding hydrogens is 525 g/mol. The van der Waals surface area contributed by atoms with Gasteiger partial charge in [-0.1, -0.05) is 0 Å². The lowest BCUT2D eigenvalue weighted by atomic mass is 10.0. The van der Waals surface area contributed by atoms with Crippen LogP contribution in [0.15, 0.2) is 85.3 Å². The Morgan fingerprint density at radius 1 is 0.927 bits per heavy atom. The molecule has 41 heavy (non-hydrogen) atoms. The van der Waals surface area contributed by atoms with Crippen molar-refractivity contribution in [2.24, 2.45) is 12.5 Å². The molecule has 1 aliphatic carbocycles. The van der Waals surface area contributed by atoms with E-state index in [9.17, 15) is 14.0 Å². The summed E-state index contributed by atoms with van der Waals surface area (Å²) in [5.74, 6) is 0.619. The fourth-order valence-corrected chi connectivity index (χ4v) is 4.64. The van der Waals surface area contributed by atoms with Crippen LogP contribution in [0.5, 0.6) is 17.2 Å². The predicted octanol–water partition coefficient (Wildman–Crippen LogP) is 5.93. The third kappa shape index (κ3) is 5.19. The quantitative estimate of drug-likeness (QED) is 0.232. The van der Waals surface area contributed by atoms with Crippen LogP contribution in [-0.2, 0) is 16.6 Å². The maximum absolute atomic E-state index is 13.2. The standard InChI is InChI=1S/C31H26FN5O4/c1-37-18-19(17-34-37)24-15-26-25(16-28(24)40-2)27(11-14-33-26)41-23-9-7-22(8-10-23)36-30(39)31(12-13-31)29(38)35-21-5-3-20(32)4-6-21/h3-11,14-18H,12-13H2,1-2H3,(H,35,38)(H,36,39). The number of carbonyl (C=O) groups excluding carboxylic acids is 2. The van der Waals surface area contributed by atoms with Gasteiger partial charge >= 0.3 is 0 Å². The number of hydrogen-bond acceptors (Lipinski definition) is 6. The zero-order valence-electron chi connectivity index (χ0n) is 22.3. The van der Waals surface area contributed by atoms with E-state index in [2.05, 4.69) is 20.7 Å². The van der Waals surface area contributed by atoms with Crippen LogP contribution in [0.4, 0.5) is 15.8 Å². The van der Waals surface area contributed by atoms with Gasteiger partial charge in [0, 0.05) is 47.3 Å². The minimum atomic E-state index is -1.15. The summed E-state index contributed by atoms with van der Waals surface area (Å²) in [6.07, 6.45) is 6.24. The summed E-state index contributed by atoms with van der Waals surface area (Å²) < 4.78 is 26.7. The fraction of sp³-hybridized carbons (Fsp3) is 0.161. The first-order chi connectivity index (χ1) is 19.8. The summed E-state index contributed by atoms with van der Waals surface area (Å²) in [5.41, 5.74) is 2.35. The third-order valence-electron chi connectivity index (χ3n) is 7.10. The van der Waals surface area contributed by atoms with Crippen molar-refractivity contribution >= 4 is 34.1 Å². The molecule has 1 fully saturated rings. The molecule has 0 bridgehead atoms. The molecule has 0 spiro atoms. The van der Waals surface area contributed by atoms with Gasteiger partial charge in [0.25, 0.3) is 0 Å². The zero-order chi connectivity index (χ0) is 28.6. The Hall–Kier alpha value is -5.25. The number of hydrogen-bond donors (Lipinski definition) is 2. The van der Waals surface area contributed by atoms with E-state index in [0.29, 0.717) is 41.5 Å². The molecule has 206 valence electrons. The Morgan fingerprint density at radius 3 is 2.17 bits per heavy atom. The van der Waals surface area contributed by atoms with Crippen molar-refractivity contribution < 1.29 is 23.5 Å². The zero-order valence-corrected chi connectivity index (χ0v) is 22.3. The third-order valence-corrected chi connectivity index (χ3v) is 7.10. The SMILES string of the molecule is COc1cc2c(Oc3ccc(NC(=O)C4(C(=O)Nc5ccc(F)cc5)CC4)cc3)ccnc2cc1-c1cnn(C)c1. The minimum Gasteiger partial charge on any atom is -0.496 e. The molecule has 1 saturated carbocycles. The number of aromatic nitrogens is 3. The Bertz CT molecular complexity index is 1760. The first-order valence-electron chi connectivity index (χ1n) is 13.0. The number of nitrogens with zero attached hydrogens (tertiary/aromatic N) is 3. The second kappa shape index (κ2) is 10.4. The van der Waals surface area contributed by atoms with Crippen LogP contribution in [0.25, 0.3) is 22.0 Å². The van der Waals surface area contributed by atoms with E-state index in [-0.39, 0.29) is 5.91 Å². The average Bonchev–Trinajstić information content (AvgIpc) is 3.69. The lowest BCUT2D eigenvalue weighted by Gasteiger charge is -2.16. The molecule has 0 saturated heterocycles. The van der Waals surface area contributed by atoms with Crippen molar-refractivity contribution in [3.05, 3.63) is 91.1 Å². The number of nitrogens with one attached hydrogen (secondary N) is 2. The first-order valence-corrected chi connectivity index (χ1v) is 13.0. The maximum Gasteiger partial charge on any atom is 0.240 e. The van der Waals surface area contributed by atoms with E-state index in [1.165, 1.54) is 24.3 Å². The van der Waals surface area contributed by atoms with E-state index in [0.717, 1.165) is 22.0 Å². The summed E-state index contributed by atoms with van der Waals surface area (Å²) >= 11 is 0. The number of carbonyl (C=O) groups is 2. The number of methoxy groups -OCH3 is 1. The lowest BCUT2D eigenvalue weighted by molar-refractivity contribution is -0.131. The van der Waals surface area contributed by atoms with Gasteiger partial charge in [0.2, 0.25) is 11.8 Å². The smallest absolute Gasteiger partial charge is 0.240 e. The van der Waals surface area contributed by atoms with Gasteiger partial charge in [0.15, 0.2) is 0 Å². The van der Waals surface area contributed by atoms with Crippen LogP contribution in [0, 0.1) is 11.2 Å². The molecule has 3 aromatic carbocycles. The molecule has 0 aliphatic heterocycles. The van der Waals surface area contributed by atoms with Crippen molar-refractivity contribution in [2.45, 2.75) is 12.8 Å². The highest BCUT2D eigenvalue weighted by Gasteiger charge is 2.56. The predicted molar refractivity (Wildman–Crippen MR) is 152 cm³/mol. The van der Waals surface area contributed by atoms with E-state index < -0.39 is 17.1 Å². The summed E-state index contributed by atoms with van der Waals surface area (Å²) in [6.45, 7) is 0. The van der Waals surface area contributed by atoms with Gasteiger partial charge in [-0.3, -0.25) is 19.3 Å². The summed E-state index contributed by atoms with van der Waals surface area (Å²) in [4.78, 5) is 30.3. The maximum atomic E-state index is 13.2. The average molecular weight is 552 g/mol. The Balaban J connectivity index is 1.16. The number of halogens is 1. The second-order valence-corrected chi connectivity index (χ2v) is 9.91. The van der Waals surface area contributed by atoms with Crippen LogP contribution >= 0.6 is 0 Å². The molecule has 0 radical (unpaired) electrons. The van der Waals surface area contributed by atoms with Crippen LogP contribution in [-0.4, -0.2) is 33.7 Å². The van der Waals surface area contributed by atoms with E-state index in [4.69, 9.17) is 9.47 Å². The highest BCUT2D eigenvalue weighted by Crippen LogP contribution is 2.47. The lowest BCUT2D eigenvalue weighted by Crippen LogP contribution is -2.35. The van der Waals surface area contributed by atoms with Gasteiger partial charge < -0.3 is 20.1 Å². The Kier molecular flexibility index (Phi) is 6.58. The largest absolute Gasteiger partial charge is 0.496 e. The summed E-state index contributed by atoms with van der Waals surface area (Å²) in [5, 5.41) is 10.6. The van der Waals surface area contributed by atoms with Crippen LogP contribution < -0.4 is 20.1 Å². The molecule has 2 N–H and O–H groups in total. The van der Waals surface area contributed by atoms with Gasteiger partial charge in [-0.15, -0.1) is 0 Å². The first kappa shape index (κ1) is 26.0. The number of amides is 2. The van der Waals surface area contributed by atoms with Gasteiger partial charge in [-0.05, 0) is 79.6 Å². The highest BCUT2D eigenvalue weighted by molar-refractivity contribution is 6.16. The molecule has 9 nitrogen and oxygen atoms in total. The van der Waals surface area contributed by atoms with Crippen molar-refractivity contribution in [2.75, 3.05) is 17.7 Å². The fourth-order valence-electron chi connectivity index (χ4n) is 4.64. The molecule has 6 rings (SSSR count). The minimum absolute atomic E-state index is 0.387. The Morgan fingerprint density at radius 2 is 1.59 bits per heavy atom. The second-order valence-electron chi connectivity index (χ2n) is 9.91. The van der Waals surface area contributed by atoms with Crippen LogP contribution in [0.3, 0.4) is 0 Å². The normalized spacial score (nSPS) is 13.4. The van der Waals surface area contributed by atoms with Gasteiger partial charge in [0.05, 0.1) is 18.8 Å². The topological polar surface area (TPSA) is 107 Å². The molecule has 2 amide bonds. The molecular formula is C31H26FN5O4. The summed E-state index contributed by atoms with van der Waals surface area (Å²) in [6, 6.07) is 17.9. The summed E-state index contributed by atoms with van der Waals surface area (Å²) in [7, 11) is 3.47. The molecule has 2 heterocycles. The van der Waals surface area contributed by atoms with E-state index >= 15 is 0 Å². The monoisotopic (exact) mass is 551 g/mol. The molecule has 0 atom stereocenters. The van der Waals surface area contributed by atoms with Crippen molar-refractivity contribution in [3.63, 3.8) is 0 Å². The molecule has 5 aromatic rings. The van der Waals surface area contributed by atoms with Crippen LogP contribution in [0.1, 0.15) is 12.8 Å². The molecule has 10 heteroatoms. The number of anilines is 2. The van der Waals surface area contributed by atoms with Crippen molar-refractivity contribution in [1.82, 2.24) is 14.8 Å². The number of ether oxygens (including phenoxy) is 2. The van der Waals surface area contributed by atoms with Crippen molar-refractivity contribution in [3.8, 4) is 28.4 Å². The number of rotatable bonds is 8. The molecule has 1 aliphatic rings. The molecule has 2 aromatic heterocycles. The van der Waals surface area contributed by atoms with E-state index in [1.807, 2.05) is 25.4 Å². The van der Waals surface area contributed by atoms with Crippen LogP contribution in [0.2, 0.25) is 0 Å².